The average molecular weight is 486 g/mol. The number of hydrogen-bond donors (Lipinski definition) is 0. The van der Waals surface area contributed by atoms with E-state index in [1.54, 1.807) is 18.6 Å². The molecule has 186 valence electrons. The summed E-state index contributed by atoms with van der Waals surface area (Å²) < 4.78 is 5.71. The number of nitriles is 1. The lowest BCUT2D eigenvalue weighted by molar-refractivity contribution is -0.00198. The average Bonchev–Trinajstić information content (AvgIpc) is 3.20. The summed E-state index contributed by atoms with van der Waals surface area (Å²) >= 11 is 0. The molecule has 5 heterocycles. The molecule has 1 unspecified atom stereocenters. The molecule has 36 heavy (non-hydrogen) atoms. The van der Waals surface area contributed by atoms with Crippen LogP contribution in [0.3, 0.4) is 0 Å². The molecule has 2 spiro atoms. The maximum atomic E-state index is 12.9. The first-order valence-corrected chi connectivity index (χ1v) is 12.9. The third kappa shape index (κ3) is 2.76. The van der Waals surface area contributed by atoms with Gasteiger partial charge in [-0.3, -0.25) is 0 Å². The van der Waals surface area contributed by atoms with E-state index in [1.807, 2.05) is 38.8 Å². The fourth-order valence-corrected chi connectivity index (χ4v) is 7.47. The van der Waals surface area contributed by atoms with Gasteiger partial charge in [0.1, 0.15) is 29.4 Å². The van der Waals surface area contributed by atoms with Crippen molar-refractivity contribution < 1.29 is 9.53 Å². The Labute approximate surface area is 211 Å². The highest BCUT2D eigenvalue weighted by atomic mass is 16.6. The van der Waals surface area contributed by atoms with Gasteiger partial charge >= 0.3 is 6.09 Å². The van der Waals surface area contributed by atoms with Crippen LogP contribution in [0, 0.1) is 16.7 Å². The molecule has 9 nitrogen and oxygen atoms in total. The van der Waals surface area contributed by atoms with Crippen LogP contribution in [0.25, 0.3) is 0 Å². The molecule has 0 aromatic carbocycles. The number of aromatic nitrogens is 3. The molecule has 1 amide bonds. The number of piperidine rings is 2. The van der Waals surface area contributed by atoms with E-state index in [0.29, 0.717) is 11.6 Å². The topological polar surface area (TPSA) is 98.5 Å². The fraction of sp³-hybridized carbons (Fsp3) is 0.593. The van der Waals surface area contributed by atoms with Crippen molar-refractivity contribution in [1.29, 1.82) is 5.26 Å². The Bertz CT molecular complexity index is 1330. The lowest BCUT2D eigenvalue weighted by atomic mass is 9.66. The van der Waals surface area contributed by atoms with Crippen molar-refractivity contribution in [3.05, 3.63) is 35.8 Å². The zero-order chi connectivity index (χ0) is 25.0. The number of ether oxygens (including phenoxy) is 1. The van der Waals surface area contributed by atoms with E-state index in [1.165, 1.54) is 12.0 Å². The van der Waals surface area contributed by atoms with Crippen molar-refractivity contribution in [2.45, 2.75) is 82.0 Å². The second kappa shape index (κ2) is 6.87. The van der Waals surface area contributed by atoms with Crippen LogP contribution in [-0.2, 0) is 10.2 Å². The van der Waals surface area contributed by atoms with Gasteiger partial charge in [0.25, 0.3) is 0 Å². The zero-order valence-corrected chi connectivity index (χ0v) is 21.2. The van der Waals surface area contributed by atoms with Crippen LogP contribution in [-0.4, -0.2) is 63.3 Å². The van der Waals surface area contributed by atoms with Crippen LogP contribution in [0.5, 0.6) is 0 Å². The molecule has 2 aromatic rings. The van der Waals surface area contributed by atoms with Gasteiger partial charge in [-0.1, -0.05) is 6.42 Å². The third-order valence-electron chi connectivity index (χ3n) is 9.17. The van der Waals surface area contributed by atoms with Gasteiger partial charge in [0.05, 0.1) is 23.7 Å². The molecule has 6 aliphatic rings. The molecular weight excluding hydrogens is 454 g/mol. The second-order valence-corrected chi connectivity index (χ2v) is 12.3. The van der Waals surface area contributed by atoms with E-state index >= 15 is 0 Å². The van der Waals surface area contributed by atoms with Crippen LogP contribution in [0.15, 0.2) is 24.7 Å². The van der Waals surface area contributed by atoms with Crippen LogP contribution in [0.4, 0.5) is 22.2 Å². The van der Waals surface area contributed by atoms with Gasteiger partial charge in [0.15, 0.2) is 0 Å². The number of nitrogens with zero attached hydrogens (tertiary/aromatic N) is 7. The molecule has 5 fully saturated rings. The SMILES string of the molecule is CN(C(=O)OC(C)(C)C)[C@@H]1[C@@H]2CC13C[C@@H]3N2c1ncnc2c1C1(CCC1)CN2c1cc(C#N)ccn1. The number of amides is 1. The fourth-order valence-electron chi connectivity index (χ4n) is 7.47. The number of hydrogen-bond acceptors (Lipinski definition) is 8. The van der Waals surface area contributed by atoms with Crippen molar-refractivity contribution >= 4 is 23.5 Å². The maximum Gasteiger partial charge on any atom is 0.410 e. The summed E-state index contributed by atoms with van der Waals surface area (Å²) in [7, 11) is 1.89. The van der Waals surface area contributed by atoms with E-state index in [9.17, 15) is 10.1 Å². The zero-order valence-electron chi connectivity index (χ0n) is 21.2. The van der Waals surface area contributed by atoms with E-state index in [0.717, 1.165) is 49.7 Å². The predicted molar refractivity (Wildman–Crippen MR) is 133 cm³/mol. The smallest absolute Gasteiger partial charge is 0.410 e. The van der Waals surface area contributed by atoms with E-state index < -0.39 is 5.60 Å². The number of pyridine rings is 1. The highest BCUT2D eigenvalue weighted by Crippen LogP contribution is 2.74. The first kappa shape index (κ1) is 21.8. The second-order valence-electron chi connectivity index (χ2n) is 12.3. The minimum absolute atomic E-state index is 0.0118. The Morgan fingerprint density at radius 1 is 1.22 bits per heavy atom. The largest absolute Gasteiger partial charge is 0.444 e. The van der Waals surface area contributed by atoms with Crippen molar-refractivity contribution in [3.63, 3.8) is 0 Å². The summed E-state index contributed by atoms with van der Waals surface area (Å²) in [5.74, 6) is 2.71. The standard InChI is InChI=1S/C27H31N7O2/c1-25(2,3)36-24(35)32(4)21-17-11-27(21)12-18(27)34(17)23-20-22(30-15-31-23)33(14-26(20)7-5-8-26)19-10-16(13-28)6-9-29-19/h6,9-10,15,17-18,21H,5,7-8,11-12,14H2,1-4H3/t17-,18-,21+,27?/m0/s1. The molecule has 3 aliphatic heterocycles. The van der Waals surface area contributed by atoms with E-state index in [4.69, 9.17) is 14.7 Å². The molecule has 3 saturated carbocycles. The van der Waals surface area contributed by atoms with Crippen LogP contribution >= 0.6 is 0 Å². The first-order chi connectivity index (χ1) is 17.2. The van der Waals surface area contributed by atoms with Gasteiger partial charge in [-0.2, -0.15) is 5.26 Å². The van der Waals surface area contributed by atoms with Crippen LogP contribution in [0.1, 0.15) is 64.0 Å². The number of carbonyl (C=O) groups is 1. The van der Waals surface area contributed by atoms with Gasteiger partial charge in [-0.25, -0.2) is 19.7 Å². The minimum atomic E-state index is -0.515. The van der Waals surface area contributed by atoms with E-state index in [2.05, 4.69) is 20.9 Å². The molecule has 9 heteroatoms. The van der Waals surface area contributed by atoms with Crippen molar-refractivity contribution in [2.24, 2.45) is 5.41 Å². The highest BCUT2D eigenvalue weighted by molar-refractivity contribution is 5.77. The molecule has 3 aliphatic carbocycles. The highest BCUT2D eigenvalue weighted by Gasteiger charge is 2.81. The Kier molecular flexibility index (Phi) is 4.17. The maximum absolute atomic E-state index is 12.9. The molecule has 2 bridgehead atoms. The van der Waals surface area contributed by atoms with Gasteiger partial charge in [0.2, 0.25) is 0 Å². The normalized spacial score (nSPS) is 30.1. The summed E-state index contributed by atoms with van der Waals surface area (Å²) in [5.41, 5.74) is 1.48. The quantitative estimate of drug-likeness (QED) is 0.646. The lowest BCUT2D eigenvalue weighted by Crippen LogP contribution is -2.60. The molecule has 4 atom stereocenters. The van der Waals surface area contributed by atoms with Crippen LogP contribution in [0.2, 0.25) is 0 Å². The van der Waals surface area contributed by atoms with Gasteiger partial charge < -0.3 is 19.4 Å². The predicted octanol–water partition coefficient (Wildman–Crippen LogP) is 3.90. The minimum Gasteiger partial charge on any atom is -0.444 e. The number of anilines is 3. The Morgan fingerprint density at radius 2 is 2.00 bits per heavy atom. The Hall–Kier alpha value is -3.41. The number of likely N-dealkylation sites (N-methyl/N-ethyl adjacent to an activating group) is 1. The van der Waals surface area contributed by atoms with Crippen molar-refractivity contribution in [3.8, 4) is 6.07 Å². The first-order valence-electron chi connectivity index (χ1n) is 12.9. The molecule has 0 radical (unpaired) electrons. The van der Waals surface area contributed by atoms with Gasteiger partial charge in [-0.05, 0) is 58.6 Å². The van der Waals surface area contributed by atoms with Crippen LogP contribution < -0.4 is 9.80 Å². The molecule has 2 saturated heterocycles. The summed E-state index contributed by atoms with van der Waals surface area (Å²) in [6.07, 6.45) is 8.69. The number of carbonyl (C=O) groups excluding carboxylic acids is 1. The van der Waals surface area contributed by atoms with Gasteiger partial charge in [0, 0.05) is 42.2 Å². The summed E-state index contributed by atoms with van der Waals surface area (Å²) in [4.78, 5) is 33.7. The molecule has 8 rings (SSSR count). The molecular formula is C27H31N7O2. The number of fused-ring (bicyclic) bond motifs is 2. The lowest BCUT2D eigenvalue weighted by Gasteiger charge is -2.48. The van der Waals surface area contributed by atoms with Gasteiger partial charge in [-0.15, -0.1) is 0 Å². The van der Waals surface area contributed by atoms with E-state index in [-0.39, 0.29) is 29.0 Å². The Morgan fingerprint density at radius 3 is 2.67 bits per heavy atom. The summed E-state index contributed by atoms with van der Waals surface area (Å²) in [6, 6.07) is 6.60. The third-order valence-corrected chi connectivity index (χ3v) is 9.17. The molecule has 2 aromatic heterocycles. The summed E-state index contributed by atoms with van der Waals surface area (Å²) in [5, 5.41) is 9.42. The monoisotopic (exact) mass is 485 g/mol. The van der Waals surface area contributed by atoms with Crippen molar-refractivity contribution in [2.75, 3.05) is 23.4 Å². The number of rotatable bonds is 3. The molecule has 0 N–H and O–H groups in total. The summed E-state index contributed by atoms with van der Waals surface area (Å²) in [6.45, 7) is 6.54. The Balaban J connectivity index is 1.25. The van der Waals surface area contributed by atoms with Crippen molar-refractivity contribution in [1.82, 2.24) is 19.9 Å².